The van der Waals surface area contributed by atoms with Gasteiger partial charge in [0.15, 0.2) is 6.61 Å². The van der Waals surface area contributed by atoms with Gasteiger partial charge >= 0.3 is 0 Å². The molecule has 0 aromatic heterocycles. The zero-order chi connectivity index (χ0) is 15.2. The Kier molecular flexibility index (Phi) is 5.52. The second-order valence-electron chi connectivity index (χ2n) is 5.21. The molecule has 1 aliphatic heterocycles. The van der Waals surface area contributed by atoms with Crippen LogP contribution in [0.1, 0.15) is 31.4 Å². The zero-order valence-electron chi connectivity index (χ0n) is 12.1. The number of rotatable bonds is 5. The van der Waals surface area contributed by atoms with Crippen molar-refractivity contribution >= 4 is 5.91 Å². The number of halogens is 1. The SMILES string of the molecule is C[C@H](N)c1cc(F)ccc1OCC(=O)NC1CCOCC1. The molecule has 1 aromatic carbocycles. The molecule has 2 rings (SSSR count). The van der Waals surface area contributed by atoms with Crippen LogP contribution < -0.4 is 15.8 Å². The Morgan fingerprint density at radius 1 is 1.52 bits per heavy atom. The number of hydrogen-bond donors (Lipinski definition) is 2. The van der Waals surface area contributed by atoms with Crippen molar-refractivity contribution in [1.29, 1.82) is 0 Å². The quantitative estimate of drug-likeness (QED) is 0.864. The molecule has 0 saturated carbocycles. The first kappa shape index (κ1) is 15.7. The van der Waals surface area contributed by atoms with Crippen molar-refractivity contribution in [3.63, 3.8) is 0 Å². The Morgan fingerprint density at radius 2 is 2.24 bits per heavy atom. The molecular weight excluding hydrogens is 275 g/mol. The average Bonchev–Trinajstić information content (AvgIpc) is 2.47. The Morgan fingerprint density at radius 3 is 2.90 bits per heavy atom. The summed E-state index contributed by atoms with van der Waals surface area (Å²) in [6.45, 7) is 2.96. The summed E-state index contributed by atoms with van der Waals surface area (Å²) < 4.78 is 23.9. The minimum absolute atomic E-state index is 0.108. The molecule has 6 heteroatoms. The van der Waals surface area contributed by atoms with Crippen LogP contribution in [0.4, 0.5) is 4.39 Å². The molecular formula is C15H21FN2O3. The highest BCUT2D eigenvalue weighted by atomic mass is 19.1. The lowest BCUT2D eigenvalue weighted by molar-refractivity contribution is -0.124. The van der Waals surface area contributed by atoms with E-state index < -0.39 is 0 Å². The molecule has 0 radical (unpaired) electrons. The van der Waals surface area contributed by atoms with E-state index in [4.69, 9.17) is 15.2 Å². The number of amides is 1. The van der Waals surface area contributed by atoms with Gasteiger partial charge in [0.05, 0.1) is 0 Å². The maximum atomic E-state index is 13.2. The lowest BCUT2D eigenvalue weighted by Crippen LogP contribution is -2.41. The molecule has 1 aromatic rings. The van der Waals surface area contributed by atoms with E-state index in [2.05, 4.69) is 5.32 Å². The van der Waals surface area contributed by atoms with Gasteiger partial charge in [0.25, 0.3) is 5.91 Å². The summed E-state index contributed by atoms with van der Waals surface area (Å²) >= 11 is 0. The smallest absolute Gasteiger partial charge is 0.258 e. The molecule has 1 amide bonds. The number of benzene rings is 1. The van der Waals surface area contributed by atoms with Gasteiger partial charge in [-0.3, -0.25) is 4.79 Å². The Balaban J connectivity index is 1.88. The van der Waals surface area contributed by atoms with Crippen molar-refractivity contribution in [2.75, 3.05) is 19.8 Å². The van der Waals surface area contributed by atoms with Crippen LogP contribution in [-0.4, -0.2) is 31.8 Å². The molecule has 1 fully saturated rings. The van der Waals surface area contributed by atoms with Crippen molar-refractivity contribution < 1.29 is 18.7 Å². The van der Waals surface area contributed by atoms with Crippen LogP contribution in [0, 0.1) is 5.82 Å². The second kappa shape index (κ2) is 7.38. The van der Waals surface area contributed by atoms with Crippen LogP contribution in [0.2, 0.25) is 0 Å². The zero-order valence-corrected chi connectivity index (χ0v) is 12.1. The van der Waals surface area contributed by atoms with Crippen LogP contribution in [-0.2, 0) is 9.53 Å². The third-order valence-corrected chi connectivity index (χ3v) is 3.41. The normalized spacial score (nSPS) is 17.3. The second-order valence-corrected chi connectivity index (χ2v) is 5.21. The maximum Gasteiger partial charge on any atom is 0.258 e. The number of carbonyl (C=O) groups excluding carboxylic acids is 1. The summed E-state index contributed by atoms with van der Waals surface area (Å²) in [4.78, 5) is 11.9. The van der Waals surface area contributed by atoms with Gasteiger partial charge in [0, 0.05) is 30.9 Å². The minimum Gasteiger partial charge on any atom is -0.483 e. The van der Waals surface area contributed by atoms with E-state index in [1.807, 2.05) is 0 Å². The van der Waals surface area contributed by atoms with E-state index in [-0.39, 0.29) is 30.4 Å². The summed E-state index contributed by atoms with van der Waals surface area (Å²) in [5, 5.41) is 2.90. The van der Waals surface area contributed by atoms with Gasteiger partial charge in [-0.05, 0) is 38.0 Å². The number of carbonyl (C=O) groups is 1. The van der Waals surface area contributed by atoms with Gasteiger partial charge < -0.3 is 20.5 Å². The summed E-state index contributed by atoms with van der Waals surface area (Å²) in [6.07, 6.45) is 1.63. The molecule has 1 heterocycles. The van der Waals surface area contributed by atoms with E-state index >= 15 is 0 Å². The predicted octanol–water partition coefficient (Wildman–Crippen LogP) is 1.52. The topological polar surface area (TPSA) is 73.6 Å². The van der Waals surface area contributed by atoms with E-state index in [0.717, 1.165) is 12.8 Å². The summed E-state index contributed by atoms with van der Waals surface area (Å²) in [6, 6.07) is 3.88. The first-order valence-corrected chi connectivity index (χ1v) is 7.11. The number of ether oxygens (including phenoxy) is 2. The molecule has 0 unspecified atom stereocenters. The van der Waals surface area contributed by atoms with Crippen LogP contribution >= 0.6 is 0 Å². The molecule has 116 valence electrons. The Bertz CT molecular complexity index is 488. The first-order valence-electron chi connectivity index (χ1n) is 7.11. The Labute approximate surface area is 123 Å². The van der Waals surface area contributed by atoms with Gasteiger partial charge in [-0.1, -0.05) is 0 Å². The number of nitrogens with two attached hydrogens (primary N) is 1. The lowest BCUT2D eigenvalue weighted by Gasteiger charge is -2.23. The summed E-state index contributed by atoms with van der Waals surface area (Å²) in [5.74, 6) is -0.128. The molecule has 5 nitrogen and oxygen atoms in total. The van der Waals surface area contributed by atoms with Crippen molar-refractivity contribution in [1.82, 2.24) is 5.32 Å². The van der Waals surface area contributed by atoms with Crippen molar-refractivity contribution in [2.24, 2.45) is 5.73 Å². The largest absolute Gasteiger partial charge is 0.483 e. The van der Waals surface area contributed by atoms with Gasteiger partial charge in [-0.15, -0.1) is 0 Å². The van der Waals surface area contributed by atoms with E-state index in [0.29, 0.717) is 24.5 Å². The molecule has 3 N–H and O–H groups in total. The van der Waals surface area contributed by atoms with E-state index in [9.17, 15) is 9.18 Å². The fourth-order valence-corrected chi connectivity index (χ4v) is 2.26. The van der Waals surface area contributed by atoms with Gasteiger partial charge in [-0.2, -0.15) is 0 Å². The van der Waals surface area contributed by atoms with Crippen LogP contribution in [0.5, 0.6) is 5.75 Å². The third kappa shape index (κ3) is 4.68. The number of hydrogen-bond acceptors (Lipinski definition) is 4. The van der Waals surface area contributed by atoms with Crippen molar-refractivity contribution in [3.8, 4) is 5.75 Å². The van der Waals surface area contributed by atoms with E-state index in [1.165, 1.54) is 18.2 Å². The average molecular weight is 296 g/mol. The monoisotopic (exact) mass is 296 g/mol. The first-order chi connectivity index (χ1) is 10.1. The molecule has 0 spiro atoms. The molecule has 0 bridgehead atoms. The molecule has 1 saturated heterocycles. The van der Waals surface area contributed by atoms with E-state index in [1.54, 1.807) is 6.92 Å². The summed E-state index contributed by atoms with van der Waals surface area (Å²) in [5.41, 5.74) is 6.33. The van der Waals surface area contributed by atoms with Crippen LogP contribution in [0.3, 0.4) is 0 Å². The predicted molar refractivity (Wildman–Crippen MR) is 76.5 cm³/mol. The van der Waals surface area contributed by atoms with Gasteiger partial charge in [0.2, 0.25) is 0 Å². The minimum atomic E-state index is -0.374. The highest BCUT2D eigenvalue weighted by Crippen LogP contribution is 2.24. The van der Waals surface area contributed by atoms with Crippen molar-refractivity contribution in [3.05, 3.63) is 29.6 Å². The van der Waals surface area contributed by atoms with Gasteiger partial charge in [0.1, 0.15) is 11.6 Å². The fraction of sp³-hybridized carbons (Fsp3) is 0.533. The van der Waals surface area contributed by atoms with Crippen molar-refractivity contribution in [2.45, 2.75) is 31.8 Å². The number of nitrogens with one attached hydrogen (secondary N) is 1. The Hall–Kier alpha value is -1.66. The molecule has 1 aliphatic rings. The highest BCUT2D eigenvalue weighted by molar-refractivity contribution is 5.77. The third-order valence-electron chi connectivity index (χ3n) is 3.41. The molecule has 0 aliphatic carbocycles. The van der Waals surface area contributed by atoms with Crippen LogP contribution in [0.25, 0.3) is 0 Å². The standard InChI is InChI=1S/C15H21FN2O3/c1-10(17)13-8-11(16)2-3-14(13)21-9-15(19)18-12-4-6-20-7-5-12/h2-3,8,10,12H,4-7,9,17H2,1H3,(H,18,19)/t10-/m0/s1. The lowest BCUT2D eigenvalue weighted by atomic mass is 10.1. The van der Waals surface area contributed by atoms with Crippen LogP contribution in [0.15, 0.2) is 18.2 Å². The summed E-state index contributed by atoms with van der Waals surface area (Å²) in [7, 11) is 0. The molecule has 1 atom stereocenters. The maximum absolute atomic E-state index is 13.2. The highest BCUT2D eigenvalue weighted by Gasteiger charge is 2.17. The molecule has 21 heavy (non-hydrogen) atoms. The van der Waals surface area contributed by atoms with Gasteiger partial charge in [-0.25, -0.2) is 4.39 Å². The fourth-order valence-electron chi connectivity index (χ4n) is 2.26.